The molecule has 0 atom stereocenters. The molecule has 0 unspecified atom stereocenters. The fraction of sp³-hybridized carbons (Fsp3) is 0.0667. The molecule has 3 nitrogen and oxygen atoms in total. The van der Waals surface area contributed by atoms with Crippen molar-refractivity contribution >= 4 is 51.4 Å². The molecule has 2 aromatic carbocycles. The van der Waals surface area contributed by atoms with Crippen molar-refractivity contribution in [3.8, 4) is 5.75 Å². The Labute approximate surface area is 139 Å². The predicted molar refractivity (Wildman–Crippen MR) is 85.7 cm³/mol. The number of hydrogen-bond acceptors (Lipinski definition) is 3. The van der Waals surface area contributed by atoms with Gasteiger partial charge in [-0.3, -0.25) is 4.79 Å². The van der Waals surface area contributed by atoms with Crippen LogP contribution in [0.2, 0.25) is 10.0 Å². The van der Waals surface area contributed by atoms with Gasteiger partial charge in [0.1, 0.15) is 0 Å². The Balaban J connectivity index is 2.35. The minimum absolute atomic E-state index is 0.00207. The summed E-state index contributed by atoms with van der Waals surface area (Å²) in [5, 5.41) is 0.393. The molecule has 21 heavy (non-hydrogen) atoms. The molecule has 0 saturated heterocycles. The van der Waals surface area contributed by atoms with Gasteiger partial charge in [0.05, 0.1) is 16.1 Å². The molecule has 0 bridgehead atoms. The van der Waals surface area contributed by atoms with E-state index in [4.69, 9.17) is 27.9 Å². The Morgan fingerprint density at radius 2 is 1.95 bits per heavy atom. The van der Waals surface area contributed by atoms with Crippen LogP contribution < -0.4 is 4.74 Å². The summed E-state index contributed by atoms with van der Waals surface area (Å²) in [6.45, 7) is 1.90. The summed E-state index contributed by atoms with van der Waals surface area (Å²) in [6, 6.07) is 7.84. The summed E-state index contributed by atoms with van der Waals surface area (Å²) < 4.78 is 6.01. The highest BCUT2D eigenvalue weighted by Gasteiger charge is 2.16. The van der Waals surface area contributed by atoms with Gasteiger partial charge >= 0.3 is 5.97 Å². The first-order chi connectivity index (χ1) is 9.92. The van der Waals surface area contributed by atoms with Crippen LogP contribution in [-0.4, -0.2) is 12.3 Å². The average Bonchev–Trinajstić information content (AvgIpc) is 2.44. The standard InChI is InChI=1S/C15H9BrCl2O3/c1-8-2-3-9(5-12(8)16)15(20)21-14-10(7-19)4-11(17)6-13(14)18/h2-7H,1H3. The number of hydrogen-bond donors (Lipinski definition) is 0. The van der Waals surface area contributed by atoms with Crippen LogP contribution in [0.5, 0.6) is 5.75 Å². The molecule has 108 valence electrons. The summed E-state index contributed by atoms with van der Waals surface area (Å²) in [4.78, 5) is 23.2. The van der Waals surface area contributed by atoms with E-state index in [1.54, 1.807) is 18.2 Å². The molecule has 0 amide bonds. The van der Waals surface area contributed by atoms with Crippen molar-refractivity contribution < 1.29 is 14.3 Å². The number of aldehydes is 1. The van der Waals surface area contributed by atoms with Crippen molar-refractivity contribution in [2.24, 2.45) is 0 Å². The lowest BCUT2D eigenvalue weighted by atomic mass is 10.1. The van der Waals surface area contributed by atoms with E-state index in [0.29, 0.717) is 16.9 Å². The van der Waals surface area contributed by atoms with Gasteiger partial charge in [-0.15, -0.1) is 0 Å². The summed E-state index contributed by atoms with van der Waals surface area (Å²) in [5.74, 6) is -0.610. The Bertz CT molecular complexity index is 729. The number of carbonyl (C=O) groups is 2. The van der Waals surface area contributed by atoms with Crippen molar-refractivity contribution in [1.82, 2.24) is 0 Å². The molecule has 0 aromatic heterocycles. The van der Waals surface area contributed by atoms with E-state index in [-0.39, 0.29) is 16.3 Å². The van der Waals surface area contributed by atoms with E-state index in [2.05, 4.69) is 15.9 Å². The van der Waals surface area contributed by atoms with Gasteiger partial charge in [0.2, 0.25) is 0 Å². The lowest BCUT2D eigenvalue weighted by molar-refractivity contribution is 0.0733. The van der Waals surface area contributed by atoms with E-state index in [1.165, 1.54) is 12.1 Å². The zero-order valence-electron chi connectivity index (χ0n) is 10.8. The maximum atomic E-state index is 12.1. The quantitative estimate of drug-likeness (QED) is 0.418. The van der Waals surface area contributed by atoms with Crippen LogP contribution in [-0.2, 0) is 0 Å². The third-order valence-corrected chi connectivity index (χ3v) is 4.12. The molecular weight excluding hydrogens is 379 g/mol. The maximum absolute atomic E-state index is 12.1. The zero-order chi connectivity index (χ0) is 15.6. The molecule has 2 rings (SSSR count). The third-order valence-electron chi connectivity index (χ3n) is 2.77. The highest BCUT2D eigenvalue weighted by Crippen LogP contribution is 2.32. The molecule has 0 radical (unpaired) electrons. The maximum Gasteiger partial charge on any atom is 0.343 e. The Kier molecular flexibility index (Phi) is 5.04. The number of halogens is 3. The molecule has 0 saturated carbocycles. The van der Waals surface area contributed by atoms with E-state index < -0.39 is 5.97 Å². The van der Waals surface area contributed by atoms with Crippen molar-refractivity contribution in [3.05, 3.63) is 61.5 Å². The fourth-order valence-electron chi connectivity index (χ4n) is 1.65. The normalized spacial score (nSPS) is 10.3. The van der Waals surface area contributed by atoms with E-state index in [1.807, 2.05) is 6.92 Å². The van der Waals surface area contributed by atoms with E-state index in [9.17, 15) is 9.59 Å². The van der Waals surface area contributed by atoms with Crippen molar-refractivity contribution in [2.75, 3.05) is 0 Å². The minimum atomic E-state index is -0.608. The van der Waals surface area contributed by atoms with Crippen LogP contribution in [0.15, 0.2) is 34.8 Å². The van der Waals surface area contributed by atoms with Crippen LogP contribution in [0, 0.1) is 6.92 Å². The van der Waals surface area contributed by atoms with Crippen LogP contribution in [0.25, 0.3) is 0 Å². The van der Waals surface area contributed by atoms with Gasteiger partial charge in [-0.1, -0.05) is 45.2 Å². The van der Waals surface area contributed by atoms with Crippen LogP contribution in [0.3, 0.4) is 0 Å². The van der Waals surface area contributed by atoms with Gasteiger partial charge in [0, 0.05) is 9.50 Å². The molecule has 0 aliphatic heterocycles. The van der Waals surface area contributed by atoms with Gasteiger partial charge in [-0.05, 0) is 36.8 Å². The molecular formula is C15H9BrCl2O3. The fourth-order valence-corrected chi connectivity index (χ4v) is 2.57. The first kappa shape index (κ1) is 16.0. The molecule has 0 aliphatic rings. The van der Waals surface area contributed by atoms with Crippen molar-refractivity contribution in [2.45, 2.75) is 6.92 Å². The second-order valence-electron chi connectivity index (χ2n) is 4.28. The summed E-state index contributed by atoms with van der Waals surface area (Å²) in [6.07, 6.45) is 0.533. The molecule has 2 aromatic rings. The first-order valence-electron chi connectivity index (χ1n) is 5.85. The van der Waals surface area contributed by atoms with Gasteiger partial charge in [0.25, 0.3) is 0 Å². The van der Waals surface area contributed by atoms with Crippen LogP contribution >= 0.6 is 39.1 Å². The minimum Gasteiger partial charge on any atom is -0.421 e. The van der Waals surface area contributed by atoms with Gasteiger partial charge in [0.15, 0.2) is 12.0 Å². The van der Waals surface area contributed by atoms with Crippen LogP contribution in [0.4, 0.5) is 0 Å². The first-order valence-corrected chi connectivity index (χ1v) is 7.40. The Morgan fingerprint density at radius 1 is 1.24 bits per heavy atom. The second kappa shape index (κ2) is 6.60. The lowest BCUT2D eigenvalue weighted by Gasteiger charge is -2.10. The number of rotatable bonds is 3. The SMILES string of the molecule is Cc1ccc(C(=O)Oc2c(Cl)cc(Cl)cc2C=O)cc1Br. The largest absolute Gasteiger partial charge is 0.421 e. The topological polar surface area (TPSA) is 43.4 Å². The smallest absolute Gasteiger partial charge is 0.343 e. The van der Waals surface area contributed by atoms with Gasteiger partial charge < -0.3 is 4.74 Å². The molecule has 0 heterocycles. The summed E-state index contributed by atoms with van der Waals surface area (Å²) >= 11 is 15.1. The number of carbonyl (C=O) groups excluding carboxylic acids is 2. The van der Waals surface area contributed by atoms with E-state index in [0.717, 1.165) is 10.0 Å². The highest BCUT2D eigenvalue weighted by molar-refractivity contribution is 9.10. The molecule has 6 heteroatoms. The average molecular weight is 388 g/mol. The van der Waals surface area contributed by atoms with Crippen molar-refractivity contribution in [1.29, 1.82) is 0 Å². The predicted octanol–water partition coefficient (Wildman–Crippen LogP) is 5.10. The number of ether oxygens (including phenoxy) is 1. The second-order valence-corrected chi connectivity index (χ2v) is 5.98. The van der Waals surface area contributed by atoms with Crippen LogP contribution in [0.1, 0.15) is 26.3 Å². The number of aryl methyl sites for hydroxylation is 1. The van der Waals surface area contributed by atoms with Crippen molar-refractivity contribution in [3.63, 3.8) is 0 Å². The van der Waals surface area contributed by atoms with Gasteiger partial charge in [-0.25, -0.2) is 4.79 Å². The van der Waals surface area contributed by atoms with E-state index >= 15 is 0 Å². The lowest BCUT2D eigenvalue weighted by Crippen LogP contribution is -2.10. The zero-order valence-corrected chi connectivity index (χ0v) is 13.9. The van der Waals surface area contributed by atoms with Gasteiger partial charge in [-0.2, -0.15) is 0 Å². The highest BCUT2D eigenvalue weighted by atomic mass is 79.9. The number of esters is 1. The Morgan fingerprint density at radius 3 is 2.57 bits per heavy atom. The number of benzene rings is 2. The summed E-state index contributed by atoms with van der Waals surface area (Å²) in [7, 11) is 0. The molecule has 0 spiro atoms. The monoisotopic (exact) mass is 386 g/mol. The molecule has 0 aliphatic carbocycles. The Hall–Kier alpha value is -1.36. The third kappa shape index (κ3) is 3.64. The molecule has 0 fully saturated rings. The summed E-state index contributed by atoms with van der Waals surface area (Å²) in [5.41, 5.74) is 1.45. The molecule has 0 N–H and O–H groups in total.